The number of rotatable bonds is 5. The predicted molar refractivity (Wildman–Crippen MR) is 110 cm³/mol. The van der Waals surface area contributed by atoms with Crippen LogP contribution in [0.1, 0.15) is 18.4 Å². The minimum Gasteiger partial charge on any atom is -0.495 e. The molecule has 1 aliphatic rings. The second kappa shape index (κ2) is 7.69. The number of aromatic nitrogens is 1. The number of methoxy groups -OCH3 is 1. The van der Waals surface area contributed by atoms with Crippen molar-refractivity contribution in [3.63, 3.8) is 0 Å². The van der Waals surface area contributed by atoms with Crippen LogP contribution >= 0.6 is 11.3 Å². The highest BCUT2D eigenvalue weighted by molar-refractivity contribution is 7.89. The molecule has 0 N–H and O–H groups in total. The molecule has 8 heteroatoms. The Morgan fingerprint density at radius 1 is 1.14 bits per heavy atom. The third-order valence-electron chi connectivity index (χ3n) is 4.88. The van der Waals surface area contributed by atoms with Crippen LogP contribution in [0.3, 0.4) is 0 Å². The lowest BCUT2D eigenvalue weighted by atomic mass is 10.1. The van der Waals surface area contributed by atoms with Crippen molar-refractivity contribution >= 4 is 31.6 Å². The van der Waals surface area contributed by atoms with E-state index in [2.05, 4.69) is 4.98 Å². The summed E-state index contributed by atoms with van der Waals surface area (Å²) in [5, 5.41) is 0.642. The zero-order valence-corrected chi connectivity index (χ0v) is 17.4. The van der Waals surface area contributed by atoms with E-state index in [1.54, 1.807) is 12.1 Å². The summed E-state index contributed by atoms with van der Waals surface area (Å²) in [7, 11) is -2.12. The Bertz CT molecular complexity index is 1050. The molecule has 2 heterocycles. The van der Waals surface area contributed by atoms with Crippen LogP contribution in [0.15, 0.2) is 47.4 Å². The van der Waals surface area contributed by atoms with E-state index in [1.807, 2.05) is 37.3 Å². The molecule has 0 spiro atoms. The number of nitrogens with zero attached hydrogens (tertiary/aromatic N) is 2. The largest absolute Gasteiger partial charge is 0.495 e. The van der Waals surface area contributed by atoms with Crippen LogP contribution < -0.4 is 9.47 Å². The zero-order chi connectivity index (χ0) is 19.7. The normalized spacial score (nSPS) is 16.4. The highest BCUT2D eigenvalue weighted by Gasteiger charge is 2.32. The summed E-state index contributed by atoms with van der Waals surface area (Å²) in [5.41, 5.74) is 1.81. The van der Waals surface area contributed by atoms with Gasteiger partial charge in [0.1, 0.15) is 16.7 Å². The van der Waals surface area contributed by atoms with Crippen LogP contribution in [-0.4, -0.2) is 44.0 Å². The van der Waals surface area contributed by atoms with Crippen LogP contribution in [-0.2, 0) is 10.0 Å². The highest BCUT2D eigenvalue weighted by Crippen LogP contribution is 2.32. The highest BCUT2D eigenvalue weighted by atomic mass is 32.2. The Kier molecular flexibility index (Phi) is 5.27. The lowest BCUT2D eigenvalue weighted by molar-refractivity contribution is 0.135. The molecule has 148 valence electrons. The summed E-state index contributed by atoms with van der Waals surface area (Å²) in [4.78, 5) is 4.73. The van der Waals surface area contributed by atoms with Gasteiger partial charge in [0.05, 0.1) is 17.3 Å². The minimum atomic E-state index is -3.60. The van der Waals surface area contributed by atoms with Gasteiger partial charge in [-0.1, -0.05) is 29.5 Å². The fourth-order valence-electron chi connectivity index (χ4n) is 3.36. The van der Waals surface area contributed by atoms with E-state index in [0.29, 0.717) is 36.9 Å². The number of piperidine rings is 1. The summed E-state index contributed by atoms with van der Waals surface area (Å²) in [6, 6.07) is 13.1. The van der Waals surface area contributed by atoms with Crippen molar-refractivity contribution in [3.05, 3.63) is 48.0 Å². The first kappa shape index (κ1) is 19.2. The Labute approximate surface area is 168 Å². The second-order valence-electron chi connectivity index (χ2n) is 6.82. The molecule has 0 amide bonds. The van der Waals surface area contributed by atoms with Crippen molar-refractivity contribution in [2.75, 3.05) is 20.2 Å². The summed E-state index contributed by atoms with van der Waals surface area (Å²) in [5.74, 6) is 0.374. The van der Waals surface area contributed by atoms with Crippen molar-refractivity contribution < 1.29 is 17.9 Å². The van der Waals surface area contributed by atoms with Gasteiger partial charge < -0.3 is 9.47 Å². The molecule has 1 aliphatic heterocycles. The summed E-state index contributed by atoms with van der Waals surface area (Å²) >= 11 is 1.52. The SMILES string of the molecule is COc1ccc(C)cc1S(=O)(=O)N1CCC(Oc2nc3ccccc3s2)CC1. The molecule has 1 aromatic heterocycles. The number of benzene rings is 2. The van der Waals surface area contributed by atoms with Crippen LogP contribution in [0.5, 0.6) is 10.9 Å². The maximum absolute atomic E-state index is 13.1. The van der Waals surface area contributed by atoms with Crippen molar-refractivity contribution in [1.82, 2.24) is 9.29 Å². The first-order valence-electron chi connectivity index (χ1n) is 9.14. The van der Waals surface area contributed by atoms with Crippen LogP contribution in [0, 0.1) is 6.92 Å². The summed E-state index contributed by atoms with van der Waals surface area (Å²) in [6.45, 7) is 2.69. The van der Waals surface area contributed by atoms with E-state index in [-0.39, 0.29) is 11.0 Å². The molecule has 6 nitrogen and oxygen atoms in total. The quantitative estimate of drug-likeness (QED) is 0.630. The maximum Gasteiger partial charge on any atom is 0.274 e. The van der Waals surface area contributed by atoms with Gasteiger partial charge in [0.25, 0.3) is 5.19 Å². The molecule has 0 atom stereocenters. The van der Waals surface area contributed by atoms with Gasteiger partial charge in [-0.15, -0.1) is 0 Å². The molecule has 0 unspecified atom stereocenters. The molecule has 28 heavy (non-hydrogen) atoms. The van der Waals surface area contributed by atoms with Crippen molar-refractivity contribution in [2.45, 2.75) is 30.8 Å². The molecule has 0 bridgehead atoms. The number of sulfonamides is 1. The van der Waals surface area contributed by atoms with Crippen LogP contribution in [0.2, 0.25) is 0 Å². The first-order valence-corrected chi connectivity index (χ1v) is 11.4. The first-order chi connectivity index (χ1) is 13.5. The van der Waals surface area contributed by atoms with Gasteiger partial charge in [0.15, 0.2) is 0 Å². The average Bonchev–Trinajstić information content (AvgIpc) is 3.10. The fourth-order valence-corrected chi connectivity index (χ4v) is 5.95. The second-order valence-corrected chi connectivity index (χ2v) is 9.72. The molecule has 1 saturated heterocycles. The molecule has 0 radical (unpaired) electrons. The van der Waals surface area contributed by atoms with Crippen molar-refractivity contribution in [3.8, 4) is 10.9 Å². The molecule has 1 fully saturated rings. The number of ether oxygens (including phenoxy) is 2. The lowest BCUT2D eigenvalue weighted by Gasteiger charge is -2.31. The Balaban J connectivity index is 1.45. The number of hydrogen-bond acceptors (Lipinski definition) is 6. The molecular weight excluding hydrogens is 396 g/mol. The molecule has 0 saturated carbocycles. The molecule has 3 aromatic rings. The van der Waals surface area contributed by atoms with Crippen molar-refractivity contribution in [1.29, 1.82) is 0 Å². The van der Waals surface area contributed by atoms with Crippen molar-refractivity contribution in [2.24, 2.45) is 0 Å². The molecule has 2 aromatic carbocycles. The summed E-state index contributed by atoms with van der Waals surface area (Å²) in [6.07, 6.45) is 1.22. The van der Waals surface area contributed by atoms with Gasteiger partial charge in [-0.3, -0.25) is 0 Å². The average molecular weight is 419 g/mol. The lowest BCUT2D eigenvalue weighted by Crippen LogP contribution is -2.41. The molecule has 0 aliphatic carbocycles. The van der Waals surface area contributed by atoms with Gasteiger partial charge in [-0.05, 0) is 49.6 Å². The van der Waals surface area contributed by atoms with Gasteiger partial charge in [0, 0.05) is 13.1 Å². The third-order valence-corrected chi connectivity index (χ3v) is 7.73. The van der Waals surface area contributed by atoms with Crippen LogP contribution in [0.25, 0.3) is 10.2 Å². The van der Waals surface area contributed by atoms with E-state index in [4.69, 9.17) is 9.47 Å². The van der Waals surface area contributed by atoms with Gasteiger partial charge >= 0.3 is 0 Å². The summed E-state index contributed by atoms with van der Waals surface area (Å²) < 4.78 is 40.1. The van der Waals surface area contributed by atoms with E-state index < -0.39 is 10.0 Å². The Hall–Kier alpha value is -2.16. The number of fused-ring (bicyclic) bond motifs is 1. The number of para-hydroxylation sites is 1. The minimum absolute atomic E-state index is 0.0357. The number of hydrogen-bond donors (Lipinski definition) is 0. The zero-order valence-electron chi connectivity index (χ0n) is 15.8. The number of aryl methyl sites for hydroxylation is 1. The van der Waals surface area contributed by atoms with E-state index in [9.17, 15) is 8.42 Å². The maximum atomic E-state index is 13.1. The number of thiazole rings is 1. The topological polar surface area (TPSA) is 68.7 Å². The smallest absolute Gasteiger partial charge is 0.274 e. The molecule has 4 rings (SSSR count). The van der Waals surface area contributed by atoms with Gasteiger partial charge in [0.2, 0.25) is 10.0 Å². The molecular formula is C20H22N2O4S2. The standard InChI is InChI=1S/C20H22N2O4S2/c1-14-7-8-17(25-2)19(13-14)28(23,24)22-11-9-15(10-12-22)26-20-21-16-5-3-4-6-18(16)27-20/h3-8,13,15H,9-12H2,1-2H3. The van der Waals surface area contributed by atoms with E-state index >= 15 is 0 Å². The fraction of sp³-hybridized carbons (Fsp3) is 0.350. The van der Waals surface area contributed by atoms with E-state index in [1.165, 1.54) is 22.8 Å². The predicted octanol–water partition coefficient (Wildman–Crippen LogP) is 3.85. The Morgan fingerprint density at radius 3 is 2.61 bits per heavy atom. The Morgan fingerprint density at radius 2 is 1.89 bits per heavy atom. The van der Waals surface area contributed by atoms with E-state index in [0.717, 1.165) is 15.8 Å². The van der Waals surface area contributed by atoms with Gasteiger partial charge in [-0.2, -0.15) is 4.31 Å². The van der Waals surface area contributed by atoms with Crippen LogP contribution in [0.4, 0.5) is 0 Å². The van der Waals surface area contributed by atoms with Gasteiger partial charge in [-0.25, -0.2) is 13.4 Å². The third kappa shape index (κ3) is 3.72. The monoisotopic (exact) mass is 418 g/mol.